The Morgan fingerprint density at radius 2 is 1.92 bits per heavy atom. The molecule has 2 aliphatic heterocycles. The first-order valence-corrected chi connectivity index (χ1v) is 9.13. The van der Waals surface area contributed by atoms with Crippen LogP contribution in [0, 0.1) is 0 Å². The number of carbonyl (C=O) groups excluding carboxylic acids is 3. The molecular weight excluding hydrogens is 374 g/mol. The molecular formula is C18H14ClN3O3S. The van der Waals surface area contributed by atoms with Crippen molar-refractivity contribution in [1.29, 1.82) is 0 Å². The number of nitrogens with zero attached hydrogens (tertiary/aromatic N) is 1. The third-order valence-corrected chi connectivity index (χ3v) is 6.22. The zero-order valence-corrected chi connectivity index (χ0v) is 15.1. The minimum absolute atomic E-state index is 0.0993. The number of benzene rings is 2. The van der Waals surface area contributed by atoms with Crippen LogP contribution in [-0.2, 0) is 9.59 Å². The van der Waals surface area contributed by atoms with Gasteiger partial charge in [0, 0.05) is 27.6 Å². The molecule has 0 spiro atoms. The third kappa shape index (κ3) is 2.55. The number of nitrogens with one attached hydrogen (secondary N) is 1. The van der Waals surface area contributed by atoms with Crippen LogP contribution in [0.3, 0.4) is 0 Å². The highest BCUT2D eigenvalue weighted by Gasteiger charge is 2.57. The molecule has 2 aliphatic rings. The molecule has 2 aromatic rings. The normalized spacial score (nSPS) is 20.7. The van der Waals surface area contributed by atoms with Crippen molar-refractivity contribution in [2.24, 2.45) is 5.73 Å². The molecule has 2 aromatic carbocycles. The molecule has 4 rings (SSSR count). The quantitative estimate of drug-likeness (QED) is 0.846. The van der Waals surface area contributed by atoms with Crippen molar-refractivity contribution in [3.8, 4) is 0 Å². The predicted octanol–water partition coefficient (Wildman–Crippen LogP) is 3.01. The van der Waals surface area contributed by atoms with Crippen LogP contribution < -0.4 is 16.0 Å². The highest BCUT2D eigenvalue weighted by Crippen LogP contribution is 2.56. The van der Waals surface area contributed by atoms with E-state index in [1.165, 1.54) is 11.8 Å². The van der Waals surface area contributed by atoms with Gasteiger partial charge in [0.1, 0.15) is 0 Å². The van der Waals surface area contributed by atoms with E-state index in [4.69, 9.17) is 17.3 Å². The molecule has 1 fully saturated rings. The lowest BCUT2D eigenvalue weighted by Crippen LogP contribution is -2.49. The van der Waals surface area contributed by atoms with Crippen LogP contribution in [0.25, 0.3) is 0 Å². The van der Waals surface area contributed by atoms with E-state index in [0.717, 1.165) is 4.90 Å². The monoisotopic (exact) mass is 387 g/mol. The van der Waals surface area contributed by atoms with Crippen LogP contribution in [0.4, 0.5) is 11.4 Å². The standard InChI is InChI=1S/C18H14ClN3O3S/c19-11-3-6-14-13(9-11)22-15(23)7-8-18(22,26-14)17(25)21-12-4-1-10(2-5-12)16(20)24/h1-6,9H,7-8H2,(H2,20,24)(H,21,25)/t18-/m0/s1. The van der Waals surface area contributed by atoms with Gasteiger partial charge in [0.25, 0.3) is 5.91 Å². The number of primary amides is 1. The first kappa shape index (κ1) is 16.9. The summed E-state index contributed by atoms with van der Waals surface area (Å²) in [7, 11) is 0. The van der Waals surface area contributed by atoms with E-state index in [1.807, 2.05) is 6.07 Å². The number of hydrogen-bond donors (Lipinski definition) is 2. The van der Waals surface area contributed by atoms with Crippen LogP contribution >= 0.6 is 23.4 Å². The maximum absolute atomic E-state index is 13.1. The number of nitrogens with two attached hydrogens (primary N) is 1. The summed E-state index contributed by atoms with van der Waals surface area (Å²) >= 11 is 7.43. The fourth-order valence-corrected chi connectivity index (χ4v) is 4.83. The van der Waals surface area contributed by atoms with Crippen molar-refractivity contribution in [3.05, 3.63) is 53.1 Å². The molecule has 0 aromatic heterocycles. The smallest absolute Gasteiger partial charge is 0.261 e. The second-order valence-corrected chi connectivity index (χ2v) is 7.88. The van der Waals surface area contributed by atoms with Gasteiger partial charge in [-0.25, -0.2) is 0 Å². The molecule has 1 atom stereocenters. The van der Waals surface area contributed by atoms with E-state index < -0.39 is 10.8 Å². The molecule has 132 valence electrons. The summed E-state index contributed by atoms with van der Waals surface area (Å²) in [6, 6.07) is 11.6. The second kappa shape index (κ2) is 6.03. The van der Waals surface area contributed by atoms with Crippen molar-refractivity contribution in [1.82, 2.24) is 0 Å². The zero-order valence-electron chi connectivity index (χ0n) is 13.5. The number of thioether (sulfide) groups is 1. The summed E-state index contributed by atoms with van der Waals surface area (Å²) in [5, 5.41) is 3.36. The van der Waals surface area contributed by atoms with Gasteiger partial charge < -0.3 is 11.1 Å². The Kier molecular flexibility index (Phi) is 3.93. The molecule has 3 N–H and O–H groups in total. The van der Waals surface area contributed by atoms with Gasteiger partial charge in [-0.2, -0.15) is 0 Å². The molecule has 3 amide bonds. The van der Waals surface area contributed by atoms with Gasteiger partial charge >= 0.3 is 0 Å². The number of rotatable bonds is 3. The first-order valence-electron chi connectivity index (χ1n) is 7.94. The number of carbonyl (C=O) groups is 3. The van der Waals surface area contributed by atoms with Gasteiger partial charge in [0.15, 0.2) is 4.87 Å². The average molecular weight is 388 g/mol. The minimum atomic E-state index is -1.02. The topological polar surface area (TPSA) is 92.5 Å². The highest BCUT2D eigenvalue weighted by molar-refractivity contribution is 8.02. The zero-order chi connectivity index (χ0) is 18.5. The Morgan fingerprint density at radius 3 is 2.62 bits per heavy atom. The van der Waals surface area contributed by atoms with Crippen LogP contribution in [-0.4, -0.2) is 22.6 Å². The second-order valence-electron chi connectivity index (χ2n) is 6.12. The Bertz CT molecular complexity index is 947. The van der Waals surface area contributed by atoms with E-state index in [-0.39, 0.29) is 11.8 Å². The van der Waals surface area contributed by atoms with Crippen LogP contribution in [0.1, 0.15) is 23.2 Å². The molecule has 6 nitrogen and oxygen atoms in total. The number of halogens is 1. The fraction of sp³-hybridized carbons (Fsp3) is 0.167. The van der Waals surface area contributed by atoms with Crippen molar-refractivity contribution in [2.45, 2.75) is 22.6 Å². The van der Waals surface area contributed by atoms with Gasteiger partial charge in [-0.05, 0) is 48.9 Å². The summed E-state index contributed by atoms with van der Waals surface area (Å²) in [6.45, 7) is 0. The third-order valence-electron chi connectivity index (χ3n) is 4.51. The summed E-state index contributed by atoms with van der Waals surface area (Å²) in [6.07, 6.45) is 0.709. The average Bonchev–Trinajstić information content (AvgIpc) is 3.11. The van der Waals surface area contributed by atoms with Crippen molar-refractivity contribution >= 4 is 52.5 Å². The lowest BCUT2D eigenvalue weighted by Gasteiger charge is -2.29. The van der Waals surface area contributed by atoms with Crippen molar-refractivity contribution in [3.63, 3.8) is 0 Å². The van der Waals surface area contributed by atoms with E-state index in [2.05, 4.69) is 5.32 Å². The molecule has 26 heavy (non-hydrogen) atoms. The maximum atomic E-state index is 13.1. The SMILES string of the molecule is NC(=O)c1ccc(NC(=O)[C@@]23CCC(=O)N2c2cc(Cl)ccc2S3)cc1. The summed E-state index contributed by atoms with van der Waals surface area (Å²) in [5.74, 6) is -0.919. The van der Waals surface area contributed by atoms with Gasteiger partial charge in [-0.15, -0.1) is 0 Å². The first-order chi connectivity index (χ1) is 12.4. The predicted molar refractivity (Wildman–Crippen MR) is 100 cm³/mol. The molecule has 0 radical (unpaired) electrons. The largest absolute Gasteiger partial charge is 0.366 e. The van der Waals surface area contributed by atoms with E-state index in [1.54, 1.807) is 41.3 Å². The molecule has 0 unspecified atom stereocenters. The number of amides is 3. The van der Waals surface area contributed by atoms with Gasteiger partial charge in [-0.1, -0.05) is 23.4 Å². The Hall–Kier alpha value is -2.51. The number of fused-ring (bicyclic) bond motifs is 3. The lowest BCUT2D eigenvalue weighted by atomic mass is 10.1. The fourth-order valence-electron chi connectivity index (χ4n) is 3.27. The van der Waals surface area contributed by atoms with E-state index in [0.29, 0.717) is 34.8 Å². The summed E-state index contributed by atoms with van der Waals surface area (Å²) in [5.41, 5.74) is 6.78. The van der Waals surface area contributed by atoms with E-state index in [9.17, 15) is 14.4 Å². The summed E-state index contributed by atoms with van der Waals surface area (Å²) in [4.78, 5) is 38.1. The molecule has 0 aliphatic carbocycles. The molecule has 8 heteroatoms. The van der Waals surface area contributed by atoms with Crippen molar-refractivity contribution in [2.75, 3.05) is 10.2 Å². The molecule has 2 heterocycles. The molecule has 0 saturated carbocycles. The number of hydrogen-bond acceptors (Lipinski definition) is 4. The van der Waals surface area contributed by atoms with Crippen molar-refractivity contribution < 1.29 is 14.4 Å². The Balaban J connectivity index is 1.65. The van der Waals surface area contributed by atoms with E-state index >= 15 is 0 Å². The maximum Gasteiger partial charge on any atom is 0.261 e. The van der Waals surface area contributed by atoms with Gasteiger partial charge in [0.2, 0.25) is 11.8 Å². The van der Waals surface area contributed by atoms with Gasteiger partial charge in [-0.3, -0.25) is 19.3 Å². The lowest BCUT2D eigenvalue weighted by molar-refractivity contribution is -0.121. The molecule has 0 bridgehead atoms. The number of anilines is 2. The minimum Gasteiger partial charge on any atom is -0.366 e. The van der Waals surface area contributed by atoms with Gasteiger partial charge in [0.05, 0.1) is 5.69 Å². The summed E-state index contributed by atoms with van der Waals surface area (Å²) < 4.78 is 0. The molecule has 1 saturated heterocycles. The van der Waals surface area contributed by atoms with Crippen LogP contribution in [0.5, 0.6) is 0 Å². The van der Waals surface area contributed by atoms with Crippen LogP contribution in [0.2, 0.25) is 5.02 Å². The Labute approximate surface area is 158 Å². The van der Waals surface area contributed by atoms with Crippen LogP contribution in [0.15, 0.2) is 47.4 Å². The Morgan fingerprint density at radius 1 is 1.19 bits per heavy atom. The highest BCUT2D eigenvalue weighted by atomic mass is 35.5.